The quantitative estimate of drug-likeness (QED) is 0.456. The van der Waals surface area contributed by atoms with Crippen molar-refractivity contribution in [2.75, 3.05) is 0 Å². The first-order chi connectivity index (χ1) is 11.1. The van der Waals surface area contributed by atoms with Crippen LogP contribution in [0.1, 0.15) is 12.0 Å². The van der Waals surface area contributed by atoms with Gasteiger partial charge in [-0.1, -0.05) is 40.2 Å². The Balaban J connectivity index is 1.44. The van der Waals surface area contributed by atoms with Crippen molar-refractivity contribution in [1.82, 2.24) is 5.01 Å². The molecule has 2 amide bonds. The number of benzene rings is 1. The molecular weight excluding hydrogens is 356 g/mol. The summed E-state index contributed by atoms with van der Waals surface area (Å²) in [5.74, 6) is 1.17. The molecule has 5 aliphatic rings. The number of hydrazone groups is 1. The molecule has 0 aromatic heterocycles. The van der Waals surface area contributed by atoms with E-state index in [-0.39, 0.29) is 35.5 Å². The van der Waals surface area contributed by atoms with E-state index >= 15 is 0 Å². The summed E-state index contributed by atoms with van der Waals surface area (Å²) in [6.45, 7) is 0. The Morgan fingerprint density at radius 3 is 2.13 bits per heavy atom. The van der Waals surface area contributed by atoms with Gasteiger partial charge in [0.25, 0.3) is 11.8 Å². The molecule has 116 valence electrons. The average molecular weight is 371 g/mol. The molecule has 23 heavy (non-hydrogen) atoms. The summed E-state index contributed by atoms with van der Waals surface area (Å²) in [7, 11) is 0. The number of carbonyl (C=O) groups excluding carboxylic acids is 2. The van der Waals surface area contributed by atoms with Crippen molar-refractivity contribution in [2.24, 2.45) is 40.6 Å². The van der Waals surface area contributed by atoms with Crippen molar-refractivity contribution in [3.63, 3.8) is 0 Å². The minimum Gasteiger partial charge on any atom is -0.272 e. The third kappa shape index (κ3) is 1.86. The fourth-order valence-corrected chi connectivity index (χ4v) is 4.99. The summed E-state index contributed by atoms with van der Waals surface area (Å²) in [5.41, 5.74) is 0.868. The van der Waals surface area contributed by atoms with Crippen LogP contribution in [-0.4, -0.2) is 23.0 Å². The van der Waals surface area contributed by atoms with Gasteiger partial charge in [0.15, 0.2) is 0 Å². The van der Waals surface area contributed by atoms with Crippen LogP contribution in [0, 0.1) is 35.5 Å². The first-order valence-electron chi connectivity index (χ1n) is 8.01. The van der Waals surface area contributed by atoms with Gasteiger partial charge >= 0.3 is 0 Å². The first kappa shape index (κ1) is 13.7. The van der Waals surface area contributed by atoms with Crippen LogP contribution in [0.4, 0.5) is 0 Å². The van der Waals surface area contributed by atoms with Gasteiger partial charge in [-0.25, -0.2) is 0 Å². The van der Waals surface area contributed by atoms with Crippen molar-refractivity contribution < 1.29 is 9.59 Å². The molecule has 0 N–H and O–H groups in total. The van der Waals surface area contributed by atoms with E-state index in [0.717, 1.165) is 15.0 Å². The van der Waals surface area contributed by atoms with Crippen molar-refractivity contribution in [3.05, 3.63) is 46.5 Å². The van der Waals surface area contributed by atoms with Gasteiger partial charge in [0.2, 0.25) is 0 Å². The summed E-state index contributed by atoms with van der Waals surface area (Å²) < 4.78 is 0.982. The molecule has 1 aromatic carbocycles. The van der Waals surface area contributed by atoms with Gasteiger partial charge < -0.3 is 0 Å². The molecular formula is C18H15BrN2O2. The number of hydrogen-bond donors (Lipinski definition) is 0. The van der Waals surface area contributed by atoms with Gasteiger partial charge in [-0.05, 0) is 47.8 Å². The third-order valence-electron chi connectivity index (χ3n) is 5.83. The van der Waals surface area contributed by atoms with Gasteiger partial charge in [-0.2, -0.15) is 10.1 Å². The number of rotatable bonds is 2. The summed E-state index contributed by atoms with van der Waals surface area (Å²) >= 11 is 3.38. The number of hydrogen-bond acceptors (Lipinski definition) is 3. The normalized spacial score (nSPS) is 40.0. The van der Waals surface area contributed by atoms with E-state index < -0.39 is 0 Å². The van der Waals surface area contributed by atoms with Gasteiger partial charge in [0.05, 0.1) is 18.1 Å². The van der Waals surface area contributed by atoms with Crippen molar-refractivity contribution in [3.8, 4) is 0 Å². The predicted molar refractivity (Wildman–Crippen MR) is 88.3 cm³/mol. The lowest BCUT2D eigenvalue weighted by molar-refractivity contribution is -0.140. The van der Waals surface area contributed by atoms with Gasteiger partial charge in [0, 0.05) is 4.47 Å². The summed E-state index contributed by atoms with van der Waals surface area (Å²) in [4.78, 5) is 25.5. The van der Waals surface area contributed by atoms with Crippen molar-refractivity contribution in [1.29, 1.82) is 0 Å². The Morgan fingerprint density at radius 2 is 1.57 bits per heavy atom. The smallest absolute Gasteiger partial charge is 0.254 e. The summed E-state index contributed by atoms with van der Waals surface area (Å²) in [5, 5.41) is 5.33. The highest BCUT2D eigenvalue weighted by Crippen LogP contribution is 2.65. The zero-order valence-corrected chi connectivity index (χ0v) is 13.9. The Kier molecular flexibility index (Phi) is 2.75. The third-order valence-corrected chi connectivity index (χ3v) is 6.36. The monoisotopic (exact) mass is 370 g/mol. The van der Waals surface area contributed by atoms with Gasteiger partial charge in [-0.3, -0.25) is 9.59 Å². The van der Waals surface area contributed by atoms with Gasteiger partial charge in [0.1, 0.15) is 0 Å². The zero-order chi connectivity index (χ0) is 15.7. The van der Waals surface area contributed by atoms with Crippen LogP contribution in [0.5, 0.6) is 0 Å². The minimum absolute atomic E-state index is 0.113. The van der Waals surface area contributed by atoms with Crippen LogP contribution < -0.4 is 0 Å². The molecule has 1 saturated heterocycles. The highest BCUT2D eigenvalue weighted by atomic mass is 79.9. The van der Waals surface area contributed by atoms with Crippen molar-refractivity contribution in [2.45, 2.75) is 6.42 Å². The molecule has 3 fully saturated rings. The number of halogens is 1. The predicted octanol–water partition coefficient (Wildman–Crippen LogP) is 2.84. The number of allylic oxidation sites excluding steroid dienone is 2. The lowest BCUT2D eigenvalue weighted by Crippen LogP contribution is -2.40. The molecule has 0 unspecified atom stereocenters. The molecule has 2 bridgehead atoms. The highest BCUT2D eigenvalue weighted by Gasteiger charge is 2.67. The van der Waals surface area contributed by atoms with E-state index in [4.69, 9.17) is 0 Å². The topological polar surface area (TPSA) is 49.7 Å². The summed E-state index contributed by atoms with van der Waals surface area (Å²) in [6.07, 6.45) is 7.12. The largest absolute Gasteiger partial charge is 0.272 e. The Hall–Kier alpha value is -1.75. The second-order valence-electron chi connectivity index (χ2n) is 6.94. The molecule has 5 heteroatoms. The van der Waals surface area contributed by atoms with E-state index in [9.17, 15) is 9.59 Å². The lowest BCUT2D eigenvalue weighted by atomic mass is 9.63. The van der Waals surface area contributed by atoms with Crippen LogP contribution >= 0.6 is 15.9 Å². The number of amides is 2. The molecule has 6 rings (SSSR count). The molecule has 1 aliphatic heterocycles. The van der Waals surface area contributed by atoms with E-state index in [1.54, 1.807) is 6.21 Å². The molecule has 1 heterocycles. The zero-order valence-electron chi connectivity index (χ0n) is 12.3. The van der Waals surface area contributed by atoms with E-state index in [1.165, 1.54) is 6.42 Å². The van der Waals surface area contributed by atoms with Crippen LogP contribution in [0.3, 0.4) is 0 Å². The second-order valence-corrected chi connectivity index (χ2v) is 7.85. The number of nitrogens with zero attached hydrogens (tertiary/aromatic N) is 2. The maximum atomic E-state index is 12.7. The molecule has 1 aromatic rings. The van der Waals surface area contributed by atoms with E-state index in [1.807, 2.05) is 24.3 Å². The van der Waals surface area contributed by atoms with Crippen LogP contribution in [-0.2, 0) is 9.59 Å². The maximum absolute atomic E-state index is 12.7. The average Bonchev–Trinajstić information content (AvgIpc) is 3.33. The van der Waals surface area contributed by atoms with Gasteiger partial charge in [-0.15, -0.1) is 0 Å². The maximum Gasteiger partial charge on any atom is 0.254 e. The standard InChI is InChI=1S/C18H15BrN2O2/c19-10-3-1-9(2-4-10)8-20-21-17(22)15-11-5-6-12(14-7-13(11)14)16(15)18(21)23/h1-6,8,11-16H,7H2/b20-8-/t11-,12+,13-,14-,15+,16+/m1/s1. The van der Waals surface area contributed by atoms with Crippen LogP contribution in [0.15, 0.2) is 46.0 Å². The second kappa shape index (κ2) is 4.63. The van der Waals surface area contributed by atoms with E-state index in [0.29, 0.717) is 11.8 Å². The minimum atomic E-state index is -0.177. The van der Waals surface area contributed by atoms with Crippen LogP contribution in [0.25, 0.3) is 0 Å². The fraction of sp³-hybridized carbons (Fsp3) is 0.389. The lowest BCUT2D eigenvalue weighted by Gasteiger charge is -2.37. The Labute approximate surface area is 142 Å². The molecule has 0 spiro atoms. The highest BCUT2D eigenvalue weighted by molar-refractivity contribution is 9.10. The number of carbonyl (C=O) groups is 2. The molecule has 2 saturated carbocycles. The molecule has 4 nitrogen and oxygen atoms in total. The first-order valence-corrected chi connectivity index (χ1v) is 8.80. The van der Waals surface area contributed by atoms with Crippen LogP contribution in [0.2, 0.25) is 0 Å². The number of imide groups is 1. The molecule has 6 atom stereocenters. The Bertz CT molecular complexity index is 734. The van der Waals surface area contributed by atoms with E-state index in [2.05, 4.69) is 33.2 Å². The summed E-state index contributed by atoms with van der Waals surface area (Å²) in [6, 6.07) is 7.61. The molecule has 4 aliphatic carbocycles. The van der Waals surface area contributed by atoms with Crippen molar-refractivity contribution >= 4 is 34.0 Å². The fourth-order valence-electron chi connectivity index (χ4n) is 4.73. The molecule has 0 radical (unpaired) electrons. The SMILES string of the molecule is O=C1[C@H]2[C@@H]3C=C[C@@H]([C@H]4C[C@H]34)[C@@H]2C(=O)N1/N=C\c1ccc(Br)cc1. The Morgan fingerprint density at radius 1 is 1.00 bits per heavy atom.